The van der Waals surface area contributed by atoms with Gasteiger partial charge in [0.1, 0.15) is 0 Å². The summed E-state index contributed by atoms with van der Waals surface area (Å²) in [5, 5.41) is 10.7. The average Bonchev–Trinajstić information content (AvgIpc) is 3.71. The minimum Gasteiger partial charge on any atom is -0.493 e. The first-order chi connectivity index (χ1) is 22.0. The number of carboxylic acids is 1. The molecule has 0 aliphatic carbocycles. The van der Waals surface area contributed by atoms with E-state index >= 15 is 0 Å². The number of ether oxygens (including phenoxy) is 3. The molecule has 1 fully saturated rings. The fourth-order valence-corrected chi connectivity index (χ4v) is 7.10. The van der Waals surface area contributed by atoms with Crippen molar-refractivity contribution >= 4 is 23.5 Å². The lowest BCUT2D eigenvalue weighted by Crippen LogP contribution is -2.46. The largest absolute Gasteiger partial charge is 0.493 e. The van der Waals surface area contributed by atoms with Crippen LogP contribution in [0.5, 0.6) is 17.2 Å². The monoisotopic (exact) mass is 637 g/mol. The molecular weight excluding hydrogens is 588 g/mol. The Kier molecular flexibility index (Phi) is 10.4. The van der Waals surface area contributed by atoms with Crippen molar-refractivity contribution in [3.8, 4) is 17.2 Å². The van der Waals surface area contributed by atoms with E-state index in [1.54, 1.807) is 12.0 Å². The van der Waals surface area contributed by atoms with Gasteiger partial charge in [-0.2, -0.15) is 0 Å². The number of para-hydroxylation sites is 1. The number of quaternary nitrogens is 1. The molecule has 11 nitrogen and oxygen atoms in total. The number of anilines is 1. The van der Waals surface area contributed by atoms with E-state index in [1.165, 1.54) is 0 Å². The van der Waals surface area contributed by atoms with Crippen LogP contribution in [-0.2, 0) is 20.8 Å². The summed E-state index contributed by atoms with van der Waals surface area (Å²) in [5.41, 5.74) is 2.62. The smallest absolute Gasteiger partial charge is 0.308 e. The van der Waals surface area contributed by atoms with E-state index in [4.69, 9.17) is 14.2 Å². The highest BCUT2D eigenvalue weighted by Crippen LogP contribution is 2.47. The first-order valence-electron chi connectivity index (χ1n) is 16.4. The Balaban J connectivity index is 1.43. The number of rotatable bonds is 15. The van der Waals surface area contributed by atoms with Crippen LogP contribution in [0.1, 0.15) is 49.7 Å². The van der Waals surface area contributed by atoms with E-state index in [9.17, 15) is 19.5 Å². The quantitative estimate of drug-likeness (QED) is 0.295. The Hall–Kier alpha value is -3.83. The maximum atomic E-state index is 14.0. The molecule has 3 atom stereocenters. The Morgan fingerprint density at radius 1 is 1.11 bits per heavy atom. The van der Waals surface area contributed by atoms with Gasteiger partial charge in [0.2, 0.25) is 24.4 Å². The van der Waals surface area contributed by atoms with Crippen molar-refractivity contribution in [3.05, 3.63) is 47.5 Å². The van der Waals surface area contributed by atoms with Gasteiger partial charge in [0.15, 0.2) is 11.5 Å². The normalized spacial score (nSPS) is 20.7. The third-order valence-electron chi connectivity index (χ3n) is 9.45. The van der Waals surface area contributed by atoms with E-state index in [1.807, 2.05) is 46.2 Å². The van der Waals surface area contributed by atoms with Crippen molar-refractivity contribution in [2.45, 2.75) is 51.0 Å². The zero-order chi connectivity index (χ0) is 33.0. The summed E-state index contributed by atoms with van der Waals surface area (Å²) in [7, 11) is 7.99. The molecule has 0 aromatic heterocycles. The number of likely N-dealkylation sites (tertiary alicyclic amines) is 1. The van der Waals surface area contributed by atoms with Gasteiger partial charge in [-0.05, 0) is 42.2 Å². The van der Waals surface area contributed by atoms with Crippen molar-refractivity contribution in [3.63, 3.8) is 0 Å². The lowest BCUT2D eigenvalue weighted by atomic mass is 9.84. The summed E-state index contributed by atoms with van der Waals surface area (Å²) in [6.07, 6.45) is 3.53. The number of aliphatic carboxylic acids is 1. The molecule has 250 valence electrons. The van der Waals surface area contributed by atoms with Gasteiger partial charge in [-0.1, -0.05) is 31.5 Å². The van der Waals surface area contributed by atoms with Gasteiger partial charge in [-0.15, -0.1) is 0 Å². The molecule has 1 saturated heterocycles. The van der Waals surface area contributed by atoms with Crippen molar-refractivity contribution in [1.29, 1.82) is 0 Å². The number of amides is 2. The van der Waals surface area contributed by atoms with E-state index in [2.05, 4.69) is 28.1 Å². The van der Waals surface area contributed by atoms with Gasteiger partial charge in [0.05, 0.1) is 53.7 Å². The second-order valence-electron chi connectivity index (χ2n) is 13.7. The number of nitrogens with zero attached hydrogens (tertiary/aromatic N) is 4. The molecule has 0 radical (unpaired) electrons. The van der Waals surface area contributed by atoms with Gasteiger partial charge in [-0.3, -0.25) is 19.3 Å². The number of benzene rings is 2. The predicted octanol–water partition coefficient (Wildman–Crippen LogP) is 3.60. The minimum absolute atomic E-state index is 0.00810. The number of unbranched alkanes of at least 4 members (excludes halogenated alkanes) is 1. The summed E-state index contributed by atoms with van der Waals surface area (Å²) in [6, 6.07) is 10.9. The number of carbonyl (C=O) groups is 3. The minimum atomic E-state index is -0.930. The highest BCUT2D eigenvalue weighted by atomic mass is 16.7. The molecule has 0 bridgehead atoms. The number of carboxylic acid groups (broad SMARTS) is 1. The molecule has 3 heterocycles. The zero-order valence-corrected chi connectivity index (χ0v) is 27.9. The van der Waals surface area contributed by atoms with Crippen LogP contribution < -0.4 is 19.1 Å². The highest BCUT2D eigenvalue weighted by Gasteiger charge is 2.48. The molecule has 2 amide bonds. The molecule has 3 aliphatic rings. The fourth-order valence-electron chi connectivity index (χ4n) is 7.10. The van der Waals surface area contributed by atoms with Crippen LogP contribution in [0.4, 0.5) is 5.69 Å². The van der Waals surface area contributed by atoms with Crippen LogP contribution in [0.25, 0.3) is 0 Å². The standard InChI is InChI=1S/C35H48N4O7/c1-6-7-14-36(15-10-17-39(2,3)4)32(41)22-37-21-26(25-18-29(44-5)34-30(19-25)45-23-46-34)33(35(42)43)28(37)13-16-38-27-12-9-8-11-24(27)20-31(38)40/h8-9,11-12,18-19,26,28,33H,6-7,10,13-17,20-23H2,1-5H3/p+1/t26-,28+,33-/m1/s1. The van der Waals surface area contributed by atoms with Crippen LogP contribution in [0.3, 0.4) is 0 Å². The molecule has 11 heteroatoms. The summed E-state index contributed by atoms with van der Waals surface area (Å²) >= 11 is 0. The predicted molar refractivity (Wildman–Crippen MR) is 174 cm³/mol. The van der Waals surface area contributed by atoms with E-state index < -0.39 is 23.8 Å². The molecule has 0 unspecified atom stereocenters. The van der Waals surface area contributed by atoms with Gasteiger partial charge in [0, 0.05) is 50.2 Å². The maximum absolute atomic E-state index is 14.0. The van der Waals surface area contributed by atoms with Crippen molar-refractivity contribution in [2.75, 3.05) is 79.2 Å². The highest BCUT2D eigenvalue weighted by molar-refractivity contribution is 6.01. The topological polar surface area (TPSA) is 109 Å². The van der Waals surface area contributed by atoms with E-state index in [-0.39, 0.29) is 25.2 Å². The molecule has 0 saturated carbocycles. The first-order valence-corrected chi connectivity index (χ1v) is 16.4. The Morgan fingerprint density at radius 3 is 2.59 bits per heavy atom. The van der Waals surface area contributed by atoms with Crippen LogP contribution in [0.2, 0.25) is 0 Å². The van der Waals surface area contributed by atoms with Crippen LogP contribution in [-0.4, -0.2) is 118 Å². The fraction of sp³-hybridized carbons (Fsp3) is 0.571. The number of carbonyl (C=O) groups excluding carboxylic acids is 2. The second-order valence-corrected chi connectivity index (χ2v) is 13.7. The van der Waals surface area contributed by atoms with Crippen molar-refractivity contribution < 1.29 is 38.2 Å². The third-order valence-corrected chi connectivity index (χ3v) is 9.45. The first kappa shape index (κ1) is 33.5. The summed E-state index contributed by atoms with van der Waals surface area (Å²) < 4.78 is 17.7. The molecule has 5 rings (SSSR count). The maximum Gasteiger partial charge on any atom is 0.308 e. The van der Waals surface area contributed by atoms with Gasteiger partial charge in [-0.25, -0.2) is 0 Å². The number of fused-ring (bicyclic) bond motifs is 2. The molecule has 1 N–H and O–H groups in total. The van der Waals surface area contributed by atoms with Crippen LogP contribution in [0.15, 0.2) is 36.4 Å². The molecule has 2 aromatic rings. The number of methoxy groups -OCH3 is 1. The molecule has 2 aromatic carbocycles. The Morgan fingerprint density at radius 2 is 1.87 bits per heavy atom. The molecule has 46 heavy (non-hydrogen) atoms. The molecule has 0 spiro atoms. The van der Waals surface area contributed by atoms with Crippen LogP contribution in [0, 0.1) is 5.92 Å². The van der Waals surface area contributed by atoms with Crippen molar-refractivity contribution in [2.24, 2.45) is 5.92 Å². The van der Waals surface area contributed by atoms with E-state index in [0.29, 0.717) is 56.3 Å². The number of hydrogen-bond donors (Lipinski definition) is 1. The summed E-state index contributed by atoms with van der Waals surface area (Å²) in [4.78, 5) is 45.8. The average molecular weight is 638 g/mol. The van der Waals surface area contributed by atoms with Crippen LogP contribution >= 0.6 is 0 Å². The molecule has 3 aliphatic heterocycles. The van der Waals surface area contributed by atoms with Crippen molar-refractivity contribution in [1.82, 2.24) is 9.80 Å². The Bertz CT molecular complexity index is 1420. The molecular formula is C35H49N4O7+. The summed E-state index contributed by atoms with van der Waals surface area (Å²) in [5.74, 6) is -0.638. The lowest BCUT2D eigenvalue weighted by molar-refractivity contribution is -0.870. The second kappa shape index (κ2) is 14.3. The number of hydrogen-bond acceptors (Lipinski definition) is 7. The summed E-state index contributed by atoms with van der Waals surface area (Å²) in [6.45, 7) is 5.33. The van der Waals surface area contributed by atoms with Gasteiger partial charge < -0.3 is 33.6 Å². The SMILES string of the molecule is CCCCN(CCC[N+](C)(C)C)C(=O)CN1C[C@H](c2cc(OC)c3c(c2)OCO3)[C@@H](C(=O)O)[C@@H]1CCN1C(=O)Cc2ccccc21. The van der Waals surface area contributed by atoms with Gasteiger partial charge >= 0.3 is 5.97 Å². The van der Waals surface area contributed by atoms with Gasteiger partial charge in [0.25, 0.3) is 0 Å². The zero-order valence-electron chi connectivity index (χ0n) is 27.9. The lowest BCUT2D eigenvalue weighted by Gasteiger charge is -2.31. The van der Waals surface area contributed by atoms with E-state index in [0.717, 1.165) is 47.1 Å². The Labute approximate surface area is 272 Å². The third kappa shape index (κ3) is 7.41.